The van der Waals surface area contributed by atoms with Gasteiger partial charge in [0.05, 0.1) is 6.20 Å². The van der Waals surface area contributed by atoms with Crippen molar-refractivity contribution in [2.75, 3.05) is 0 Å². The van der Waals surface area contributed by atoms with Crippen LogP contribution in [0.1, 0.15) is 27.0 Å². The molecule has 0 amide bonds. The molecule has 0 spiro atoms. The lowest BCUT2D eigenvalue weighted by molar-refractivity contribution is 0.103. The summed E-state index contributed by atoms with van der Waals surface area (Å²) in [5.41, 5.74) is 5.93. The highest BCUT2D eigenvalue weighted by molar-refractivity contribution is 6.13. The smallest absolute Gasteiger partial charge is 0.193 e. The molecule has 1 heterocycles. The Morgan fingerprint density at radius 1 is 0.950 bits per heavy atom. The van der Waals surface area contributed by atoms with E-state index in [9.17, 15) is 4.79 Å². The van der Waals surface area contributed by atoms with E-state index in [1.54, 1.807) is 6.20 Å². The van der Waals surface area contributed by atoms with Gasteiger partial charge in [0.2, 0.25) is 0 Å². The molecule has 3 nitrogen and oxygen atoms in total. The molecule has 3 heteroatoms. The number of H-pyrrole nitrogens is 1. The Labute approximate surface area is 116 Å². The van der Waals surface area contributed by atoms with Gasteiger partial charge in [-0.3, -0.25) is 9.89 Å². The first-order chi connectivity index (χ1) is 9.84. The molecule has 0 bridgehead atoms. The number of carbonyl (C=O) groups is 1. The van der Waals surface area contributed by atoms with E-state index in [0.29, 0.717) is 0 Å². The highest BCUT2D eigenvalue weighted by atomic mass is 16.1. The fraction of sp³-hybridized carbons (Fsp3) is 0.0588. The molecule has 1 aliphatic carbocycles. The fourth-order valence-electron chi connectivity index (χ4n) is 2.89. The van der Waals surface area contributed by atoms with Gasteiger partial charge < -0.3 is 0 Å². The lowest BCUT2D eigenvalue weighted by atomic mass is 9.82. The van der Waals surface area contributed by atoms with E-state index >= 15 is 0 Å². The molecule has 96 valence electrons. The number of nitrogens with zero attached hydrogens (tertiary/aromatic N) is 1. The van der Waals surface area contributed by atoms with Crippen LogP contribution in [0.3, 0.4) is 0 Å². The lowest BCUT2D eigenvalue weighted by Crippen LogP contribution is -2.15. The molecule has 4 rings (SSSR count). The third kappa shape index (κ3) is 1.53. The lowest BCUT2D eigenvalue weighted by Gasteiger charge is -2.20. The molecule has 0 radical (unpaired) electrons. The standard InChI is InChI=1S/C17H12N2O/c20-17-14-5-2-1-4-11(14)8-16-13(6-3-7-15(16)17)12-9-18-19-10-12/h1-7,9-10H,8H2,(H,18,19). The first-order valence-corrected chi connectivity index (χ1v) is 6.58. The Hall–Kier alpha value is -2.68. The second-order valence-corrected chi connectivity index (χ2v) is 4.98. The van der Waals surface area contributed by atoms with Crippen LogP contribution in [0.4, 0.5) is 0 Å². The number of hydrogen-bond acceptors (Lipinski definition) is 2. The number of rotatable bonds is 1. The van der Waals surface area contributed by atoms with Crippen molar-refractivity contribution in [2.24, 2.45) is 0 Å². The molecule has 0 atom stereocenters. The molecule has 1 aromatic heterocycles. The first-order valence-electron chi connectivity index (χ1n) is 6.58. The van der Waals surface area contributed by atoms with Gasteiger partial charge in [-0.15, -0.1) is 0 Å². The van der Waals surface area contributed by atoms with Gasteiger partial charge in [0.25, 0.3) is 0 Å². The van der Waals surface area contributed by atoms with Gasteiger partial charge in [0, 0.05) is 22.9 Å². The summed E-state index contributed by atoms with van der Waals surface area (Å²) < 4.78 is 0. The van der Waals surface area contributed by atoms with Gasteiger partial charge in [0.1, 0.15) is 0 Å². The van der Waals surface area contributed by atoms with E-state index in [0.717, 1.165) is 39.8 Å². The summed E-state index contributed by atoms with van der Waals surface area (Å²) in [5.74, 6) is 0.118. The van der Waals surface area contributed by atoms with Crippen LogP contribution in [0.2, 0.25) is 0 Å². The average molecular weight is 260 g/mol. The summed E-state index contributed by atoms with van der Waals surface area (Å²) in [4.78, 5) is 12.6. The van der Waals surface area contributed by atoms with Crippen LogP contribution in [0.15, 0.2) is 54.9 Å². The number of aromatic nitrogens is 2. The maximum absolute atomic E-state index is 12.6. The number of aromatic amines is 1. The van der Waals surface area contributed by atoms with Crippen LogP contribution in [0, 0.1) is 0 Å². The van der Waals surface area contributed by atoms with Crippen molar-refractivity contribution in [3.63, 3.8) is 0 Å². The Balaban J connectivity index is 1.95. The predicted molar refractivity (Wildman–Crippen MR) is 76.7 cm³/mol. The maximum atomic E-state index is 12.6. The normalized spacial score (nSPS) is 12.9. The fourth-order valence-corrected chi connectivity index (χ4v) is 2.89. The molecular formula is C17H12N2O. The number of carbonyl (C=O) groups excluding carboxylic acids is 1. The van der Waals surface area contributed by atoms with Crippen LogP contribution in [-0.2, 0) is 6.42 Å². The third-order valence-corrected chi connectivity index (χ3v) is 3.86. The van der Waals surface area contributed by atoms with Crippen LogP contribution in [-0.4, -0.2) is 16.0 Å². The Kier molecular flexibility index (Phi) is 2.33. The molecular weight excluding hydrogens is 248 g/mol. The van der Waals surface area contributed by atoms with Crippen molar-refractivity contribution >= 4 is 5.78 Å². The van der Waals surface area contributed by atoms with E-state index in [1.165, 1.54) is 0 Å². The zero-order valence-electron chi connectivity index (χ0n) is 10.8. The van der Waals surface area contributed by atoms with Crippen molar-refractivity contribution in [3.8, 4) is 11.1 Å². The van der Waals surface area contributed by atoms with E-state index < -0.39 is 0 Å². The third-order valence-electron chi connectivity index (χ3n) is 3.86. The highest BCUT2D eigenvalue weighted by Gasteiger charge is 2.24. The average Bonchev–Trinajstić information content (AvgIpc) is 3.01. The van der Waals surface area contributed by atoms with Crippen molar-refractivity contribution in [1.82, 2.24) is 10.2 Å². The zero-order chi connectivity index (χ0) is 13.5. The molecule has 0 fully saturated rings. The summed E-state index contributed by atoms with van der Waals surface area (Å²) in [6.07, 6.45) is 4.44. The van der Waals surface area contributed by atoms with E-state index in [-0.39, 0.29) is 5.78 Å². The monoisotopic (exact) mass is 260 g/mol. The number of nitrogens with one attached hydrogen (secondary N) is 1. The summed E-state index contributed by atoms with van der Waals surface area (Å²) in [5, 5.41) is 6.83. The largest absolute Gasteiger partial charge is 0.289 e. The van der Waals surface area contributed by atoms with E-state index in [4.69, 9.17) is 0 Å². The second-order valence-electron chi connectivity index (χ2n) is 4.98. The SMILES string of the molecule is O=C1c2ccccc2Cc2c1cccc2-c1cn[nH]c1. The summed E-state index contributed by atoms with van der Waals surface area (Å²) >= 11 is 0. The summed E-state index contributed by atoms with van der Waals surface area (Å²) in [6, 6.07) is 13.7. The Bertz CT molecular complexity index is 804. The quantitative estimate of drug-likeness (QED) is 0.571. The second kappa shape index (κ2) is 4.17. The topological polar surface area (TPSA) is 45.8 Å². The van der Waals surface area contributed by atoms with Gasteiger partial charge >= 0.3 is 0 Å². The molecule has 1 N–H and O–H groups in total. The van der Waals surface area contributed by atoms with Crippen LogP contribution in [0.25, 0.3) is 11.1 Å². The molecule has 0 saturated carbocycles. The molecule has 0 saturated heterocycles. The van der Waals surface area contributed by atoms with Gasteiger partial charge in [-0.05, 0) is 23.1 Å². The van der Waals surface area contributed by atoms with Crippen molar-refractivity contribution in [2.45, 2.75) is 6.42 Å². The van der Waals surface area contributed by atoms with E-state index in [2.05, 4.69) is 10.2 Å². The predicted octanol–water partition coefficient (Wildman–Crippen LogP) is 3.21. The molecule has 20 heavy (non-hydrogen) atoms. The van der Waals surface area contributed by atoms with Crippen molar-refractivity contribution in [3.05, 3.63) is 77.1 Å². The molecule has 3 aromatic rings. The van der Waals surface area contributed by atoms with E-state index in [1.807, 2.05) is 48.7 Å². The number of benzene rings is 2. The van der Waals surface area contributed by atoms with Crippen LogP contribution in [0.5, 0.6) is 0 Å². The Morgan fingerprint density at radius 2 is 1.75 bits per heavy atom. The van der Waals surface area contributed by atoms with Gasteiger partial charge in [-0.25, -0.2) is 0 Å². The number of hydrogen-bond donors (Lipinski definition) is 1. The van der Waals surface area contributed by atoms with Gasteiger partial charge in [-0.1, -0.05) is 42.5 Å². The summed E-state index contributed by atoms with van der Waals surface area (Å²) in [6.45, 7) is 0. The number of fused-ring (bicyclic) bond motifs is 2. The minimum Gasteiger partial charge on any atom is -0.289 e. The first kappa shape index (κ1) is 11.2. The minimum atomic E-state index is 0.118. The number of ketones is 1. The zero-order valence-corrected chi connectivity index (χ0v) is 10.8. The Morgan fingerprint density at radius 3 is 2.60 bits per heavy atom. The van der Waals surface area contributed by atoms with Crippen molar-refractivity contribution in [1.29, 1.82) is 0 Å². The highest BCUT2D eigenvalue weighted by Crippen LogP contribution is 2.33. The van der Waals surface area contributed by atoms with Crippen molar-refractivity contribution < 1.29 is 4.79 Å². The van der Waals surface area contributed by atoms with Gasteiger partial charge in [0.15, 0.2) is 5.78 Å². The minimum absolute atomic E-state index is 0.118. The summed E-state index contributed by atoms with van der Waals surface area (Å²) in [7, 11) is 0. The molecule has 1 aliphatic rings. The van der Waals surface area contributed by atoms with Gasteiger partial charge in [-0.2, -0.15) is 5.10 Å². The molecule has 0 aliphatic heterocycles. The van der Waals surface area contributed by atoms with Crippen LogP contribution >= 0.6 is 0 Å². The molecule has 0 unspecified atom stereocenters. The molecule has 2 aromatic carbocycles. The van der Waals surface area contributed by atoms with Crippen LogP contribution < -0.4 is 0 Å². The maximum Gasteiger partial charge on any atom is 0.193 e.